The number of halogens is 1. The molecular weight excluding hydrogens is 405 g/mol. The topological polar surface area (TPSA) is 95.8 Å². The summed E-state index contributed by atoms with van der Waals surface area (Å²) in [6.07, 6.45) is 5.15. The number of aromatic nitrogens is 4. The minimum absolute atomic E-state index is 0.0309. The highest BCUT2D eigenvalue weighted by Crippen LogP contribution is 2.23. The second-order valence-corrected chi connectivity index (χ2v) is 8.06. The van der Waals surface area contributed by atoms with Crippen LogP contribution in [-0.2, 0) is 17.1 Å². The van der Waals surface area contributed by atoms with Crippen LogP contribution in [0.3, 0.4) is 0 Å². The minimum Gasteiger partial charge on any atom is -0.267 e. The Kier molecular flexibility index (Phi) is 4.95. The third kappa shape index (κ3) is 4.00. The Morgan fingerprint density at radius 3 is 2.33 bits per heavy atom. The first-order valence-electron chi connectivity index (χ1n) is 8.79. The third-order valence-corrected chi connectivity index (χ3v) is 5.34. The van der Waals surface area contributed by atoms with Gasteiger partial charge in [0.05, 0.1) is 34.2 Å². The molecule has 0 spiro atoms. The maximum atomic E-state index is 13.1. The minimum atomic E-state index is -3.74. The van der Waals surface area contributed by atoms with Crippen LogP contribution in [0.5, 0.6) is 0 Å². The molecule has 2 aromatic carbocycles. The molecule has 0 saturated carbocycles. The zero-order chi connectivity index (χ0) is 21.3. The molecule has 150 valence electrons. The van der Waals surface area contributed by atoms with Crippen molar-refractivity contribution in [3.63, 3.8) is 0 Å². The lowest BCUT2D eigenvalue weighted by Crippen LogP contribution is -2.11. The molecule has 0 aliphatic heterocycles. The maximum Gasteiger partial charge on any atom is 0.238 e. The molecule has 0 fully saturated rings. The van der Waals surface area contributed by atoms with Gasteiger partial charge in [0.2, 0.25) is 10.0 Å². The summed E-state index contributed by atoms with van der Waals surface area (Å²) in [7, 11) is -1.94. The highest BCUT2D eigenvalue weighted by molar-refractivity contribution is 7.89. The second kappa shape index (κ2) is 7.59. The third-order valence-electron chi connectivity index (χ3n) is 4.41. The number of aryl methyl sites for hydroxylation is 1. The van der Waals surface area contributed by atoms with Crippen molar-refractivity contribution in [2.24, 2.45) is 12.2 Å². The van der Waals surface area contributed by atoms with Crippen molar-refractivity contribution in [1.82, 2.24) is 19.6 Å². The number of rotatable bonds is 3. The average Bonchev–Trinajstić information content (AvgIpc) is 3.33. The van der Waals surface area contributed by atoms with E-state index in [9.17, 15) is 12.8 Å². The summed E-state index contributed by atoms with van der Waals surface area (Å²) >= 11 is 0. The summed E-state index contributed by atoms with van der Waals surface area (Å²) in [6.45, 7) is 0. The van der Waals surface area contributed by atoms with Crippen molar-refractivity contribution in [3.05, 3.63) is 84.1 Å². The van der Waals surface area contributed by atoms with E-state index >= 15 is 0 Å². The van der Waals surface area contributed by atoms with Crippen LogP contribution < -0.4 is 5.14 Å². The predicted molar refractivity (Wildman–Crippen MR) is 110 cm³/mol. The van der Waals surface area contributed by atoms with Crippen molar-refractivity contribution in [3.8, 4) is 28.8 Å². The normalized spacial score (nSPS) is 11.2. The van der Waals surface area contributed by atoms with Gasteiger partial charge < -0.3 is 0 Å². The van der Waals surface area contributed by atoms with Gasteiger partial charge in [-0.25, -0.2) is 22.6 Å². The maximum absolute atomic E-state index is 13.1. The Labute approximate surface area is 172 Å². The molecule has 0 atom stereocenters. The molecule has 0 bridgehead atoms. The van der Waals surface area contributed by atoms with Gasteiger partial charge in [0.1, 0.15) is 5.82 Å². The lowest BCUT2D eigenvalue weighted by atomic mass is 10.1. The lowest BCUT2D eigenvalue weighted by Gasteiger charge is -2.01. The van der Waals surface area contributed by atoms with Crippen molar-refractivity contribution >= 4 is 10.0 Å². The van der Waals surface area contributed by atoms with Gasteiger partial charge >= 0.3 is 0 Å². The monoisotopic (exact) mass is 421 g/mol. The van der Waals surface area contributed by atoms with Gasteiger partial charge in [-0.2, -0.15) is 10.2 Å². The number of sulfonamides is 1. The smallest absolute Gasteiger partial charge is 0.238 e. The number of benzene rings is 2. The van der Waals surface area contributed by atoms with E-state index in [1.807, 2.05) is 6.20 Å². The first kappa shape index (κ1) is 19.6. The van der Waals surface area contributed by atoms with E-state index in [-0.39, 0.29) is 10.7 Å². The van der Waals surface area contributed by atoms with Gasteiger partial charge in [0.25, 0.3) is 0 Å². The molecular formula is C21H16FN5O2S. The first-order chi connectivity index (χ1) is 14.3. The van der Waals surface area contributed by atoms with E-state index in [2.05, 4.69) is 22.0 Å². The first-order valence-corrected chi connectivity index (χ1v) is 10.3. The van der Waals surface area contributed by atoms with E-state index < -0.39 is 10.0 Å². The molecule has 0 saturated heterocycles. The van der Waals surface area contributed by atoms with E-state index in [1.54, 1.807) is 53.1 Å². The molecule has 0 amide bonds. The van der Waals surface area contributed by atoms with Gasteiger partial charge in [0.15, 0.2) is 0 Å². The molecule has 0 aliphatic rings. The van der Waals surface area contributed by atoms with Gasteiger partial charge in [-0.15, -0.1) is 0 Å². The van der Waals surface area contributed by atoms with Crippen LogP contribution in [0.25, 0.3) is 16.9 Å². The van der Waals surface area contributed by atoms with Crippen LogP contribution in [0.2, 0.25) is 0 Å². The Morgan fingerprint density at radius 1 is 0.967 bits per heavy atom. The summed E-state index contributed by atoms with van der Waals surface area (Å²) in [4.78, 5) is 0.0309. The Balaban J connectivity index is 1.65. The van der Waals surface area contributed by atoms with E-state index in [0.29, 0.717) is 11.1 Å². The Bertz CT molecular complexity index is 1380. The SMILES string of the molecule is Cn1ncc(C#Cc2ccc(S(N)(=O)=O)cc2)c1-c1cnn(-c2ccc(F)cc2)c1. The number of nitrogens with two attached hydrogens (primary N) is 1. The summed E-state index contributed by atoms with van der Waals surface area (Å²) in [6, 6.07) is 12.0. The van der Waals surface area contributed by atoms with Gasteiger partial charge in [0, 0.05) is 24.4 Å². The molecule has 0 unspecified atom stereocenters. The van der Waals surface area contributed by atoms with Crippen LogP contribution in [0.1, 0.15) is 11.1 Å². The van der Waals surface area contributed by atoms with Crippen LogP contribution in [0, 0.1) is 17.7 Å². The Morgan fingerprint density at radius 2 is 1.67 bits per heavy atom. The van der Waals surface area contributed by atoms with E-state index in [4.69, 9.17) is 5.14 Å². The summed E-state index contributed by atoms with van der Waals surface area (Å²) in [5, 5.41) is 13.7. The average molecular weight is 421 g/mol. The fourth-order valence-electron chi connectivity index (χ4n) is 2.92. The van der Waals surface area contributed by atoms with Crippen LogP contribution >= 0.6 is 0 Å². The van der Waals surface area contributed by atoms with Crippen molar-refractivity contribution in [2.75, 3.05) is 0 Å². The molecule has 30 heavy (non-hydrogen) atoms. The van der Waals surface area contributed by atoms with Crippen LogP contribution in [0.15, 0.2) is 72.0 Å². The van der Waals surface area contributed by atoms with Crippen molar-refractivity contribution < 1.29 is 12.8 Å². The molecule has 2 N–H and O–H groups in total. The highest BCUT2D eigenvalue weighted by Gasteiger charge is 2.12. The molecule has 0 radical (unpaired) electrons. The fraction of sp³-hybridized carbons (Fsp3) is 0.0476. The van der Waals surface area contributed by atoms with Crippen LogP contribution in [-0.4, -0.2) is 28.0 Å². The molecule has 9 heteroatoms. The van der Waals surface area contributed by atoms with Gasteiger partial charge in [-0.3, -0.25) is 4.68 Å². The standard InChI is InChI=1S/C21H16FN5O2S/c1-26-21(17-13-25-27(14-17)19-8-6-18(22)7-9-19)16(12-24-26)5-2-15-3-10-20(11-4-15)30(23,28)29/h3-4,6-14H,1H3,(H2,23,28,29). The molecule has 0 aliphatic carbocycles. The summed E-state index contributed by atoms with van der Waals surface area (Å²) < 4.78 is 39.2. The molecule has 2 aromatic heterocycles. The van der Waals surface area contributed by atoms with Gasteiger partial charge in [-0.05, 0) is 48.5 Å². The lowest BCUT2D eigenvalue weighted by molar-refractivity contribution is 0.598. The van der Waals surface area contributed by atoms with E-state index in [1.165, 1.54) is 24.3 Å². The molecule has 4 rings (SSSR count). The number of hydrogen-bond donors (Lipinski definition) is 1. The Hall–Kier alpha value is -3.74. The van der Waals surface area contributed by atoms with Crippen molar-refractivity contribution in [1.29, 1.82) is 0 Å². The zero-order valence-electron chi connectivity index (χ0n) is 15.8. The summed E-state index contributed by atoms with van der Waals surface area (Å²) in [5.41, 5.74) is 3.63. The predicted octanol–water partition coefficient (Wildman–Crippen LogP) is 2.46. The zero-order valence-corrected chi connectivity index (χ0v) is 16.6. The largest absolute Gasteiger partial charge is 0.267 e. The molecule has 4 aromatic rings. The number of hydrogen-bond acceptors (Lipinski definition) is 4. The highest BCUT2D eigenvalue weighted by atomic mass is 32.2. The quantitative estimate of drug-likeness (QED) is 0.514. The van der Waals surface area contributed by atoms with Crippen LogP contribution in [0.4, 0.5) is 4.39 Å². The summed E-state index contributed by atoms with van der Waals surface area (Å²) in [5.74, 6) is 5.75. The van der Waals surface area contributed by atoms with E-state index in [0.717, 1.165) is 16.9 Å². The molecule has 7 nitrogen and oxygen atoms in total. The number of nitrogens with zero attached hydrogens (tertiary/aromatic N) is 4. The van der Waals surface area contributed by atoms with Gasteiger partial charge in [-0.1, -0.05) is 11.8 Å². The second-order valence-electron chi connectivity index (χ2n) is 6.50. The van der Waals surface area contributed by atoms with Crippen molar-refractivity contribution in [2.45, 2.75) is 4.90 Å². The fourth-order valence-corrected chi connectivity index (χ4v) is 3.43. The molecule has 2 heterocycles. The number of primary sulfonamides is 1.